The van der Waals surface area contributed by atoms with E-state index in [2.05, 4.69) is 20.3 Å². The fourth-order valence-electron chi connectivity index (χ4n) is 3.92. The van der Waals surface area contributed by atoms with Crippen molar-refractivity contribution in [3.8, 4) is 11.1 Å². The van der Waals surface area contributed by atoms with E-state index < -0.39 is 0 Å². The SMILES string of the molecule is CCCC(=O)c1cc(C)c(-c2cc3cnc(NC(=O)C4COC4)cc3n3ccnc23)cn1. The third kappa shape index (κ3) is 3.52. The summed E-state index contributed by atoms with van der Waals surface area (Å²) < 4.78 is 7.07. The van der Waals surface area contributed by atoms with E-state index in [0.717, 1.165) is 39.7 Å². The fraction of sp³-hybridized carbons (Fsp3) is 0.292. The van der Waals surface area contributed by atoms with Crippen LogP contribution in [0.3, 0.4) is 0 Å². The van der Waals surface area contributed by atoms with E-state index in [-0.39, 0.29) is 17.6 Å². The number of hydrogen-bond donors (Lipinski definition) is 1. The molecule has 1 aliphatic heterocycles. The molecule has 0 spiro atoms. The van der Waals surface area contributed by atoms with Crippen LogP contribution < -0.4 is 5.32 Å². The van der Waals surface area contributed by atoms with Crippen LogP contribution in [0, 0.1) is 12.8 Å². The summed E-state index contributed by atoms with van der Waals surface area (Å²) in [6.07, 6.45) is 8.40. The highest BCUT2D eigenvalue weighted by atomic mass is 16.5. The zero-order chi connectivity index (χ0) is 22.2. The van der Waals surface area contributed by atoms with Gasteiger partial charge in [0.05, 0.1) is 24.6 Å². The first-order chi connectivity index (χ1) is 15.5. The fourth-order valence-corrected chi connectivity index (χ4v) is 3.92. The van der Waals surface area contributed by atoms with Crippen LogP contribution in [0.5, 0.6) is 0 Å². The normalized spacial score (nSPS) is 13.9. The molecule has 1 fully saturated rings. The van der Waals surface area contributed by atoms with E-state index >= 15 is 0 Å². The van der Waals surface area contributed by atoms with Gasteiger partial charge in [0.2, 0.25) is 5.91 Å². The molecule has 4 aromatic rings. The lowest BCUT2D eigenvalue weighted by Crippen LogP contribution is -2.38. The van der Waals surface area contributed by atoms with Gasteiger partial charge in [0.15, 0.2) is 5.78 Å². The summed E-state index contributed by atoms with van der Waals surface area (Å²) in [6.45, 7) is 4.86. The van der Waals surface area contributed by atoms with Crippen LogP contribution in [0.4, 0.5) is 5.82 Å². The summed E-state index contributed by atoms with van der Waals surface area (Å²) >= 11 is 0. The smallest absolute Gasteiger partial charge is 0.233 e. The minimum Gasteiger partial charge on any atom is -0.380 e. The van der Waals surface area contributed by atoms with Gasteiger partial charge in [-0.15, -0.1) is 0 Å². The average Bonchev–Trinajstić information content (AvgIpc) is 3.22. The molecule has 1 amide bonds. The molecule has 8 nitrogen and oxygen atoms in total. The maximum Gasteiger partial charge on any atom is 0.233 e. The van der Waals surface area contributed by atoms with Crippen LogP contribution in [-0.4, -0.2) is 44.3 Å². The summed E-state index contributed by atoms with van der Waals surface area (Å²) in [5, 5.41) is 3.77. The second-order valence-electron chi connectivity index (χ2n) is 8.09. The van der Waals surface area contributed by atoms with Gasteiger partial charge in [-0.3, -0.25) is 19.0 Å². The van der Waals surface area contributed by atoms with Gasteiger partial charge in [-0.05, 0) is 31.0 Å². The Morgan fingerprint density at radius 1 is 1.12 bits per heavy atom. The van der Waals surface area contributed by atoms with Gasteiger partial charge in [0.1, 0.15) is 17.2 Å². The molecule has 1 aliphatic rings. The first-order valence-electron chi connectivity index (χ1n) is 10.7. The van der Waals surface area contributed by atoms with Gasteiger partial charge in [-0.1, -0.05) is 6.92 Å². The van der Waals surface area contributed by atoms with Crippen molar-refractivity contribution in [2.75, 3.05) is 18.5 Å². The van der Waals surface area contributed by atoms with Crippen molar-refractivity contribution >= 4 is 34.1 Å². The van der Waals surface area contributed by atoms with Gasteiger partial charge < -0.3 is 10.1 Å². The first kappa shape index (κ1) is 20.3. The summed E-state index contributed by atoms with van der Waals surface area (Å²) in [5.74, 6) is 0.347. The van der Waals surface area contributed by atoms with Crippen molar-refractivity contribution in [1.29, 1.82) is 0 Å². The van der Waals surface area contributed by atoms with E-state index in [9.17, 15) is 9.59 Å². The number of fused-ring (bicyclic) bond motifs is 3. The number of Topliss-reactive ketones (excluding diaryl/α,β-unsaturated/α-hetero) is 1. The summed E-state index contributed by atoms with van der Waals surface area (Å²) in [4.78, 5) is 37.9. The zero-order valence-corrected chi connectivity index (χ0v) is 18.0. The molecule has 4 aromatic heterocycles. The summed E-state index contributed by atoms with van der Waals surface area (Å²) in [6, 6.07) is 5.72. The lowest BCUT2D eigenvalue weighted by molar-refractivity contribution is -0.133. The monoisotopic (exact) mass is 429 g/mol. The highest BCUT2D eigenvalue weighted by Crippen LogP contribution is 2.31. The zero-order valence-electron chi connectivity index (χ0n) is 18.0. The second-order valence-corrected chi connectivity index (χ2v) is 8.09. The standard InChI is InChI=1S/C24H23N5O3/c1-3-4-21(30)19-7-14(2)18(11-26-19)17-8-15-10-27-22(28-24(31)16-12-32-13-16)9-20(15)29-6-5-25-23(17)29/h5-11,16H,3-4,12-13H2,1-2H3,(H,27,28,31). The average molecular weight is 429 g/mol. The maximum atomic E-state index is 12.3. The topological polar surface area (TPSA) is 98.5 Å². The first-order valence-corrected chi connectivity index (χ1v) is 10.7. The number of nitrogens with zero attached hydrogens (tertiary/aromatic N) is 4. The highest BCUT2D eigenvalue weighted by molar-refractivity contribution is 5.97. The molecule has 0 aliphatic carbocycles. The maximum absolute atomic E-state index is 12.3. The predicted octanol–water partition coefficient (Wildman–Crippen LogP) is 3.82. The number of aryl methyl sites for hydroxylation is 1. The Morgan fingerprint density at radius 3 is 2.69 bits per heavy atom. The molecule has 0 radical (unpaired) electrons. The van der Waals surface area contributed by atoms with Crippen LogP contribution >= 0.6 is 0 Å². The van der Waals surface area contributed by atoms with E-state index in [0.29, 0.717) is 31.1 Å². The van der Waals surface area contributed by atoms with E-state index in [1.165, 1.54) is 0 Å². The molecule has 32 heavy (non-hydrogen) atoms. The predicted molar refractivity (Wildman–Crippen MR) is 121 cm³/mol. The lowest BCUT2D eigenvalue weighted by atomic mass is 10.0. The molecule has 5 rings (SSSR count). The van der Waals surface area contributed by atoms with E-state index in [1.54, 1.807) is 18.6 Å². The van der Waals surface area contributed by atoms with Crippen molar-refractivity contribution < 1.29 is 14.3 Å². The Bertz CT molecular complexity index is 1360. The third-order valence-electron chi connectivity index (χ3n) is 5.78. The van der Waals surface area contributed by atoms with Crippen molar-refractivity contribution in [1.82, 2.24) is 19.4 Å². The van der Waals surface area contributed by atoms with Crippen LogP contribution in [0.25, 0.3) is 27.7 Å². The molecule has 162 valence electrons. The molecule has 1 saturated heterocycles. The quantitative estimate of drug-likeness (QED) is 0.468. The molecule has 0 saturated carbocycles. The summed E-state index contributed by atoms with van der Waals surface area (Å²) in [7, 11) is 0. The second kappa shape index (κ2) is 8.12. The van der Waals surface area contributed by atoms with Crippen molar-refractivity contribution in [3.05, 3.63) is 54.2 Å². The number of carbonyl (C=O) groups is 2. The van der Waals surface area contributed by atoms with Crippen molar-refractivity contribution in [2.24, 2.45) is 5.92 Å². The number of aromatic nitrogens is 4. The molecule has 8 heteroatoms. The van der Waals surface area contributed by atoms with Crippen LogP contribution in [0.15, 0.2) is 43.0 Å². The van der Waals surface area contributed by atoms with Gasteiger partial charge >= 0.3 is 0 Å². The molecule has 5 heterocycles. The van der Waals surface area contributed by atoms with Gasteiger partial charge in [-0.2, -0.15) is 0 Å². The molecule has 0 atom stereocenters. The lowest BCUT2D eigenvalue weighted by Gasteiger charge is -2.24. The molecule has 0 unspecified atom stereocenters. The Balaban J connectivity index is 1.56. The Hall–Kier alpha value is -3.65. The van der Waals surface area contributed by atoms with Gasteiger partial charge in [0.25, 0.3) is 0 Å². The number of ketones is 1. The molecular weight excluding hydrogens is 406 g/mol. The molecule has 0 bridgehead atoms. The third-order valence-corrected chi connectivity index (χ3v) is 5.78. The van der Waals surface area contributed by atoms with Crippen LogP contribution in [0.1, 0.15) is 35.8 Å². The number of ether oxygens (including phenoxy) is 1. The molecule has 1 N–H and O–H groups in total. The van der Waals surface area contributed by atoms with E-state index in [4.69, 9.17) is 4.74 Å². The Kier molecular flexibility index (Phi) is 5.14. The largest absolute Gasteiger partial charge is 0.380 e. The minimum absolute atomic E-state index is 0.0545. The number of hydrogen-bond acceptors (Lipinski definition) is 6. The number of rotatable bonds is 6. The summed E-state index contributed by atoms with van der Waals surface area (Å²) in [5.41, 5.74) is 4.93. The van der Waals surface area contributed by atoms with Crippen molar-refractivity contribution in [2.45, 2.75) is 26.7 Å². The highest BCUT2D eigenvalue weighted by Gasteiger charge is 2.26. The van der Waals surface area contributed by atoms with Crippen molar-refractivity contribution in [3.63, 3.8) is 0 Å². The van der Waals surface area contributed by atoms with Crippen LogP contribution in [0.2, 0.25) is 0 Å². The molecule has 0 aromatic carbocycles. The van der Waals surface area contributed by atoms with Crippen LogP contribution in [-0.2, 0) is 9.53 Å². The van der Waals surface area contributed by atoms with E-state index in [1.807, 2.05) is 42.6 Å². The van der Waals surface area contributed by atoms with Gasteiger partial charge in [0, 0.05) is 53.8 Å². The van der Waals surface area contributed by atoms with Gasteiger partial charge in [-0.25, -0.2) is 9.97 Å². The Morgan fingerprint density at radius 2 is 1.97 bits per heavy atom. The number of imidazole rings is 1. The number of pyridine rings is 3. The number of nitrogens with one attached hydrogen (secondary N) is 1. The Labute approximate surface area is 184 Å². The molecular formula is C24H23N5O3. The minimum atomic E-state index is -0.120. The number of carbonyl (C=O) groups excluding carboxylic acids is 2. The number of anilines is 1. The number of amides is 1.